The van der Waals surface area contributed by atoms with Gasteiger partial charge in [-0.1, -0.05) is 206 Å². The van der Waals surface area contributed by atoms with Gasteiger partial charge in [0.05, 0.1) is 22.1 Å². The van der Waals surface area contributed by atoms with Gasteiger partial charge < -0.3 is 24.1 Å². The molecule has 0 fully saturated rings. The first-order valence-electron chi connectivity index (χ1n) is 32.5. The summed E-state index contributed by atoms with van der Waals surface area (Å²) in [7, 11) is 0. The Morgan fingerprint density at radius 3 is 1.17 bits per heavy atom. The van der Waals surface area contributed by atoms with Crippen LogP contribution in [0.1, 0.15) is 0 Å². The van der Waals surface area contributed by atoms with Crippen molar-refractivity contribution < 1.29 is 20.1 Å². The molecule has 0 N–H and O–H groups in total. The summed E-state index contributed by atoms with van der Waals surface area (Å²) in [6.07, 6.45) is 5.42. The Hall–Kier alpha value is -12.7. The molecule has 0 radical (unpaired) electrons. The fourth-order valence-corrected chi connectivity index (χ4v) is 12.2. The summed E-state index contributed by atoms with van der Waals surface area (Å²) >= 11 is 0. The van der Waals surface area contributed by atoms with Gasteiger partial charge in [-0.15, -0.1) is 108 Å². The molecule has 0 amide bonds. The molecule has 18 rings (SSSR count). The van der Waals surface area contributed by atoms with E-state index in [1.165, 1.54) is 49.3 Å². The van der Waals surface area contributed by atoms with Crippen molar-refractivity contribution >= 4 is 43.6 Å². The number of rotatable bonds is 10. The van der Waals surface area contributed by atoms with Gasteiger partial charge in [-0.25, -0.2) is 15.0 Å². The van der Waals surface area contributed by atoms with E-state index in [0.29, 0.717) is 17.5 Å². The van der Waals surface area contributed by atoms with Crippen molar-refractivity contribution in [2.45, 2.75) is 0 Å². The van der Waals surface area contributed by atoms with Gasteiger partial charge in [-0.3, -0.25) is 0 Å². The fourth-order valence-electron chi connectivity index (χ4n) is 12.2. The Bertz CT molecular complexity index is 5390. The minimum atomic E-state index is 0. The van der Waals surface area contributed by atoms with Crippen molar-refractivity contribution in [1.82, 2.24) is 39.0 Å². The van der Waals surface area contributed by atoms with Gasteiger partial charge in [0.2, 0.25) is 0 Å². The predicted octanol–water partition coefficient (Wildman–Crippen LogP) is 22.0. The molecule has 0 aliphatic carbocycles. The molecule has 0 aliphatic heterocycles. The van der Waals surface area contributed by atoms with E-state index < -0.39 is 0 Å². The SMILES string of the molecule is [Ir+3].[c-]1ccccc1-c1cc(-c2ccccc2)ccn1.[c-]1ccccc1-c1ccccn1.[c-]1ccccc1-c1ccccn1.c1ccc(-c2nc(-c3ccccc3)nc(-c3cccc(-n4c5ccccc5c5ccc(-c6ccc7c(c6)c6ccccc6n7-c6ccccc6)cc54)c3)n2)cc1. The van der Waals surface area contributed by atoms with Crippen molar-refractivity contribution in [3.8, 4) is 102 Å². The molecule has 0 bridgehead atoms. The number of fused-ring (bicyclic) bond motifs is 6. The van der Waals surface area contributed by atoms with Gasteiger partial charge in [0.15, 0.2) is 17.5 Å². The summed E-state index contributed by atoms with van der Waals surface area (Å²) in [6.45, 7) is 0. The molecule has 0 unspecified atom stereocenters. The second kappa shape index (κ2) is 30.4. The van der Waals surface area contributed by atoms with Gasteiger partial charge in [0.25, 0.3) is 0 Å². The van der Waals surface area contributed by atoms with Crippen LogP contribution in [0.25, 0.3) is 145 Å². The third-order valence-electron chi connectivity index (χ3n) is 16.9. The van der Waals surface area contributed by atoms with Crippen LogP contribution < -0.4 is 0 Å². The zero-order valence-electron chi connectivity index (χ0n) is 53.6. The first-order chi connectivity index (χ1) is 48.6. The molecule has 0 atom stereocenters. The molecule has 12 aromatic carbocycles. The molecule has 0 saturated carbocycles. The number of hydrogen-bond acceptors (Lipinski definition) is 6. The zero-order valence-corrected chi connectivity index (χ0v) is 56.0. The molecule has 470 valence electrons. The molecule has 0 aliphatic rings. The van der Waals surface area contributed by atoms with Crippen molar-refractivity contribution in [1.29, 1.82) is 0 Å². The average molecular weight is 1450 g/mol. The monoisotopic (exact) mass is 1450 g/mol. The number of aromatic nitrogens is 8. The standard InChI is InChI=1S/C51H33N5.C17H12N.2C11H8N.Ir/c1-4-15-34(16-5-1)49-52-50(35-17-6-2-7-18-35)54-51(53-49)38-19-14-22-40(31-38)56-45-25-12-10-23-41(45)43-29-27-37(33-48(43)56)36-28-30-47-44(32-36)42-24-11-13-26-46(42)55(47)39-20-8-3-9-21-39;1-3-7-14(8-4-1)16-11-12-18-17(13-16)15-9-5-2-6-10-15;2*1-2-6-10(7-3-1)11-8-4-5-9-12-11;/h1-33H;1-9,11-13H;2*1-6,8-9H;/q;3*-1;+3. The maximum atomic E-state index is 5.03. The Kier molecular flexibility index (Phi) is 19.6. The molecule has 0 spiro atoms. The predicted molar refractivity (Wildman–Crippen MR) is 401 cm³/mol. The molecule has 99 heavy (non-hydrogen) atoms. The van der Waals surface area contributed by atoms with Gasteiger partial charge in [0, 0.05) is 68.2 Å². The first kappa shape index (κ1) is 63.7. The van der Waals surface area contributed by atoms with E-state index >= 15 is 0 Å². The summed E-state index contributed by atoms with van der Waals surface area (Å²) in [5.74, 6) is 1.92. The van der Waals surface area contributed by atoms with Crippen LogP contribution in [0, 0.1) is 18.2 Å². The van der Waals surface area contributed by atoms with E-state index in [2.05, 4.69) is 200 Å². The van der Waals surface area contributed by atoms with Crippen LogP contribution >= 0.6 is 0 Å². The van der Waals surface area contributed by atoms with Gasteiger partial charge in [-0.2, -0.15) is 0 Å². The summed E-state index contributed by atoms with van der Waals surface area (Å²) in [6, 6.07) is 130. The van der Waals surface area contributed by atoms with Crippen LogP contribution in [0.4, 0.5) is 0 Å². The van der Waals surface area contributed by atoms with E-state index in [4.69, 9.17) is 15.0 Å². The minimum Gasteiger partial charge on any atom is -0.309 e. The zero-order chi connectivity index (χ0) is 65.7. The Balaban J connectivity index is 0.000000155. The third-order valence-corrected chi connectivity index (χ3v) is 16.9. The fraction of sp³-hybridized carbons (Fsp3) is 0. The maximum absolute atomic E-state index is 5.03. The van der Waals surface area contributed by atoms with Crippen molar-refractivity contribution in [3.05, 3.63) is 389 Å². The van der Waals surface area contributed by atoms with Crippen molar-refractivity contribution in [3.63, 3.8) is 0 Å². The normalized spacial score (nSPS) is 10.7. The average Bonchev–Trinajstić information content (AvgIpc) is 1.61. The van der Waals surface area contributed by atoms with Crippen LogP contribution in [-0.4, -0.2) is 39.0 Å². The molecule has 8 nitrogen and oxygen atoms in total. The summed E-state index contributed by atoms with van der Waals surface area (Å²) < 4.78 is 4.73. The van der Waals surface area contributed by atoms with Crippen LogP contribution in [0.15, 0.2) is 370 Å². The van der Waals surface area contributed by atoms with E-state index in [0.717, 1.165) is 78.4 Å². The quantitative estimate of drug-likeness (QED) is 0.127. The summed E-state index contributed by atoms with van der Waals surface area (Å²) in [5, 5.41) is 4.88. The molecular formula is C90H61IrN8. The first-order valence-corrected chi connectivity index (χ1v) is 32.5. The number of pyridine rings is 3. The van der Waals surface area contributed by atoms with Crippen LogP contribution in [0.2, 0.25) is 0 Å². The van der Waals surface area contributed by atoms with Crippen LogP contribution in [-0.2, 0) is 20.1 Å². The van der Waals surface area contributed by atoms with Crippen molar-refractivity contribution in [2.24, 2.45) is 0 Å². The Morgan fingerprint density at radius 2 is 0.626 bits per heavy atom. The van der Waals surface area contributed by atoms with Crippen molar-refractivity contribution in [2.75, 3.05) is 0 Å². The van der Waals surface area contributed by atoms with Gasteiger partial charge in [-0.05, 0) is 112 Å². The molecular weight excluding hydrogens is 1390 g/mol. The molecule has 9 heteroatoms. The summed E-state index contributed by atoms with van der Waals surface area (Å²) in [4.78, 5) is 27.8. The van der Waals surface area contributed by atoms with Gasteiger partial charge >= 0.3 is 20.1 Å². The van der Waals surface area contributed by atoms with E-state index in [1.54, 1.807) is 12.4 Å². The number of nitrogens with zero attached hydrogens (tertiary/aromatic N) is 8. The van der Waals surface area contributed by atoms with E-state index in [9.17, 15) is 0 Å². The second-order valence-electron chi connectivity index (χ2n) is 23.1. The van der Waals surface area contributed by atoms with Crippen LogP contribution in [0.5, 0.6) is 0 Å². The Morgan fingerprint density at radius 1 is 0.222 bits per heavy atom. The smallest absolute Gasteiger partial charge is 0.309 e. The molecule has 0 saturated heterocycles. The maximum Gasteiger partial charge on any atom is 3.00 e. The van der Waals surface area contributed by atoms with E-state index in [-0.39, 0.29) is 20.1 Å². The van der Waals surface area contributed by atoms with Crippen LogP contribution in [0.3, 0.4) is 0 Å². The van der Waals surface area contributed by atoms with Gasteiger partial charge in [0.1, 0.15) is 0 Å². The number of hydrogen-bond donors (Lipinski definition) is 0. The Labute approximate surface area is 589 Å². The topological polar surface area (TPSA) is 87.2 Å². The second-order valence-corrected chi connectivity index (χ2v) is 23.1. The molecule has 6 aromatic heterocycles. The number of benzene rings is 12. The largest absolute Gasteiger partial charge is 3.00 e. The third kappa shape index (κ3) is 14.3. The molecule has 18 aromatic rings. The van der Waals surface area contributed by atoms with E-state index in [1.807, 2.05) is 200 Å². The number of para-hydroxylation sites is 3. The summed E-state index contributed by atoms with van der Waals surface area (Å²) in [5.41, 5.74) is 20.4. The molecule has 6 heterocycles. The minimum absolute atomic E-state index is 0.